The van der Waals surface area contributed by atoms with E-state index in [1.807, 2.05) is 0 Å². The van der Waals surface area contributed by atoms with Crippen LogP contribution in [0.4, 0.5) is 24.5 Å². The minimum Gasteiger partial charge on any atom is -0.490 e. The van der Waals surface area contributed by atoms with E-state index in [0.29, 0.717) is 24.5 Å². The highest BCUT2D eigenvalue weighted by Gasteiger charge is 2.33. The molecule has 7 nitrogen and oxygen atoms in total. The number of carbonyl (C=O) groups is 1. The molecular weight excluding hydrogens is 367 g/mol. The van der Waals surface area contributed by atoms with E-state index < -0.39 is 28.3 Å². The van der Waals surface area contributed by atoms with Gasteiger partial charge in [0.25, 0.3) is 11.6 Å². The summed E-state index contributed by atoms with van der Waals surface area (Å²) in [6.07, 6.45) is -3.16. The van der Waals surface area contributed by atoms with Gasteiger partial charge < -0.3 is 4.74 Å². The molecule has 0 bridgehead atoms. The fourth-order valence-electron chi connectivity index (χ4n) is 2.02. The number of halogens is 3. The molecule has 0 unspecified atom stereocenters. The van der Waals surface area contributed by atoms with Crippen molar-refractivity contribution in [2.75, 3.05) is 12.0 Å². The van der Waals surface area contributed by atoms with Crippen molar-refractivity contribution in [3.63, 3.8) is 0 Å². The van der Waals surface area contributed by atoms with Gasteiger partial charge in [-0.1, -0.05) is 12.7 Å². The Kier molecular flexibility index (Phi) is 6.01. The van der Waals surface area contributed by atoms with Crippen LogP contribution < -0.4 is 15.6 Å². The van der Waals surface area contributed by atoms with E-state index in [1.165, 1.54) is 12.1 Å². The third-order valence-corrected chi connectivity index (χ3v) is 3.32. The fraction of sp³-hybridized carbons (Fsp3) is 0.118. The molecule has 10 heteroatoms. The number of nitrogens with zero attached hydrogens (tertiary/aromatic N) is 1. The lowest BCUT2D eigenvalue weighted by atomic mass is 10.1. The minimum atomic E-state index is -4.72. The number of ether oxygens (including phenoxy) is 1. The van der Waals surface area contributed by atoms with Crippen molar-refractivity contribution >= 4 is 17.3 Å². The number of amides is 1. The van der Waals surface area contributed by atoms with Gasteiger partial charge >= 0.3 is 6.18 Å². The highest BCUT2D eigenvalue weighted by molar-refractivity contribution is 5.95. The summed E-state index contributed by atoms with van der Waals surface area (Å²) in [6, 6.07) is 7.92. The van der Waals surface area contributed by atoms with Gasteiger partial charge in [0.05, 0.1) is 10.5 Å². The first-order valence-corrected chi connectivity index (χ1v) is 7.48. The molecule has 0 aromatic heterocycles. The van der Waals surface area contributed by atoms with Crippen molar-refractivity contribution in [2.45, 2.75) is 6.18 Å². The topological polar surface area (TPSA) is 93.5 Å². The third kappa shape index (κ3) is 5.21. The zero-order chi connectivity index (χ0) is 20.0. The van der Waals surface area contributed by atoms with Gasteiger partial charge in [0.2, 0.25) is 0 Å². The van der Waals surface area contributed by atoms with Crippen molar-refractivity contribution in [1.82, 2.24) is 5.43 Å². The number of hydrogen-bond donors (Lipinski definition) is 2. The maximum atomic E-state index is 12.7. The lowest BCUT2D eigenvalue weighted by Crippen LogP contribution is -2.29. The van der Waals surface area contributed by atoms with Crippen LogP contribution in [0.3, 0.4) is 0 Å². The standard InChI is InChI=1S/C17H14F3N3O4/c1-2-9-27-13-6-3-11(4-7-13)16(24)22-21-14-8-5-12(17(18,19)20)10-15(14)23(25)26/h2-8,10,21H,1,9H2,(H,22,24). The van der Waals surface area contributed by atoms with E-state index in [1.54, 1.807) is 18.2 Å². The lowest BCUT2D eigenvalue weighted by Gasteiger charge is -2.11. The average molecular weight is 381 g/mol. The molecule has 0 spiro atoms. The van der Waals surface area contributed by atoms with Gasteiger partial charge in [-0.3, -0.25) is 25.8 Å². The summed E-state index contributed by atoms with van der Waals surface area (Å²) in [4.78, 5) is 22.1. The van der Waals surface area contributed by atoms with Gasteiger partial charge in [-0.25, -0.2) is 0 Å². The quantitative estimate of drug-likeness (QED) is 0.431. The third-order valence-electron chi connectivity index (χ3n) is 3.32. The summed E-state index contributed by atoms with van der Waals surface area (Å²) in [5.41, 5.74) is 2.41. The zero-order valence-corrected chi connectivity index (χ0v) is 13.7. The first kappa shape index (κ1) is 19.8. The van der Waals surface area contributed by atoms with Crippen LogP contribution >= 0.6 is 0 Å². The Balaban J connectivity index is 2.10. The van der Waals surface area contributed by atoms with Crippen molar-refractivity contribution < 1.29 is 27.6 Å². The first-order valence-electron chi connectivity index (χ1n) is 7.48. The van der Waals surface area contributed by atoms with Gasteiger partial charge in [-0.15, -0.1) is 0 Å². The molecule has 0 aliphatic rings. The number of rotatable bonds is 7. The summed E-state index contributed by atoms with van der Waals surface area (Å²) in [7, 11) is 0. The van der Waals surface area contributed by atoms with Crippen LogP contribution in [0, 0.1) is 10.1 Å². The number of carbonyl (C=O) groups excluding carboxylic acids is 1. The van der Waals surface area contributed by atoms with Crippen molar-refractivity contribution in [3.05, 3.63) is 76.4 Å². The van der Waals surface area contributed by atoms with Gasteiger partial charge in [-0.2, -0.15) is 13.2 Å². The predicted octanol–water partition coefficient (Wildman–Crippen LogP) is 3.94. The fourth-order valence-corrected chi connectivity index (χ4v) is 2.02. The summed E-state index contributed by atoms with van der Waals surface area (Å²) in [5, 5.41) is 11.0. The Morgan fingerprint density at radius 1 is 1.22 bits per heavy atom. The van der Waals surface area contributed by atoms with E-state index >= 15 is 0 Å². The van der Waals surface area contributed by atoms with Crippen LogP contribution in [0.1, 0.15) is 15.9 Å². The molecule has 0 atom stereocenters. The molecule has 27 heavy (non-hydrogen) atoms. The lowest BCUT2D eigenvalue weighted by molar-refractivity contribution is -0.384. The first-order chi connectivity index (χ1) is 12.7. The number of hydrogen-bond acceptors (Lipinski definition) is 5. The number of nitro groups is 1. The van der Waals surface area contributed by atoms with Crippen molar-refractivity contribution in [2.24, 2.45) is 0 Å². The molecule has 0 heterocycles. The molecule has 0 aliphatic heterocycles. The van der Waals surface area contributed by atoms with Crippen LogP contribution in [0.15, 0.2) is 55.1 Å². The predicted molar refractivity (Wildman–Crippen MR) is 91.3 cm³/mol. The average Bonchev–Trinajstić information content (AvgIpc) is 2.63. The van der Waals surface area contributed by atoms with E-state index in [4.69, 9.17) is 4.74 Å². The molecule has 2 aromatic rings. The van der Waals surface area contributed by atoms with Gasteiger partial charge in [0.15, 0.2) is 0 Å². The number of hydrazine groups is 1. The molecule has 2 N–H and O–H groups in total. The normalized spacial score (nSPS) is 10.8. The van der Waals surface area contributed by atoms with E-state index in [9.17, 15) is 28.1 Å². The van der Waals surface area contributed by atoms with Crippen LogP contribution in [0.25, 0.3) is 0 Å². The summed E-state index contributed by atoms with van der Waals surface area (Å²) >= 11 is 0. The number of anilines is 1. The molecule has 0 fully saturated rings. The SMILES string of the molecule is C=CCOc1ccc(C(=O)NNc2ccc(C(F)(F)F)cc2[N+](=O)[O-])cc1. The molecule has 2 aromatic carbocycles. The molecule has 0 saturated heterocycles. The van der Waals surface area contributed by atoms with Crippen LogP contribution in [-0.2, 0) is 6.18 Å². The minimum absolute atomic E-state index is 0.211. The van der Waals surface area contributed by atoms with Crippen molar-refractivity contribution in [3.8, 4) is 5.75 Å². The highest BCUT2D eigenvalue weighted by Crippen LogP contribution is 2.34. The molecule has 0 aliphatic carbocycles. The monoisotopic (exact) mass is 381 g/mol. The molecule has 0 saturated carbocycles. The smallest absolute Gasteiger partial charge is 0.416 e. The Morgan fingerprint density at radius 3 is 2.44 bits per heavy atom. The maximum absolute atomic E-state index is 12.7. The summed E-state index contributed by atoms with van der Waals surface area (Å²) < 4.78 is 43.3. The van der Waals surface area contributed by atoms with Crippen LogP contribution in [-0.4, -0.2) is 17.4 Å². The van der Waals surface area contributed by atoms with E-state index in [-0.39, 0.29) is 11.3 Å². The van der Waals surface area contributed by atoms with Crippen LogP contribution in [0.5, 0.6) is 5.75 Å². The molecule has 0 radical (unpaired) electrons. The van der Waals surface area contributed by atoms with E-state index in [0.717, 1.165) is 6.07 Å². The number of nitro benzene ring substituents is 1. The maximum Gasteiger partial charge on any atom is 0.416 e. The van der Waals surface area contributed by atoms with Gasteiger partial charge in [0, 0.05) is 11.6 Å². The molecule has 142 valence electrons. The molecule has 1 amide bonds. The molecular formula is C17H14F3N3O4. The Morgan fingerprint density at radius 2 is 1.89 bits per heavy atom. The van der Waals surface area contributed by atoms with E-state index in [2.05, 4.69) is 17.4 Å². The van der Waals surface area contributed by atoms with Gasteiger partial charge in [0.1, 0.15) is 18.0 Å². The number of benzene rings is 2. The highest BCUT2D eigenvalue weighted by atomic mass is 19.4. The second kappa shape index (κ2) is 8.21. The second-order valence-electron chi connectivity index (χ2n) is 5.19. The van der Waals surface area contributed by atoms with Gasteiger partial charge in [-0.05, 0) is 36.4 Å². The second-order valence-corrected chi connectivity index (χ2v) is 5.19. The Bertz CT molecular complexity index is 851. The zero-order valence-electron chi connectivity index (χ0n) is 13.7. The Labute approximate surface area is 151 Å². The molecule has 2 rings (SSSR count). The number of nitrogens with one attached hydrogen (secondary N) is 2. The summed E-state index contributed by atoms with van der Waals surface area (Å²) in [6.45, 7) is 3.80. The Hall–Kier alpha value is -3.56. The van der Waals surface area contributed by atoms with Crippen molar-refractivity contribution in [1.29, 1.82) is 0 Å². The van der Waals surface area contributed by atoms with Crippen LogP contribution in [0.2, 0.25) is 0 Å². The number of alkyl halides is 3. The summed E-state index contributed by atoms with van der Waals surface area (Å²) in [5.74, 6) is -0.128. The largest absolute Gasteiger partial charge is 0.490 e.